The molecule has 2 heteroatoms. The Balaban J connectivity index is 2.77. The maximum absolute atomic E-state index is 5.43. The van der Waals surface area contributed by atoms with E-state index in [1.165, 1.54) is 11.1 Å². The normalized spacial score (nSPS) is 11.8. The average Bonchev–Trinajstić information content (AvgIpc) is 2.15. The van der Waals surface area contributed by atoms with Gasteiger partial charge in [-0.05, 0) is 43.2 Å². The van der Waals surface area contributed by atoms with Gasteiger partial charge in [0.05, 0.1) is 0 Å². The zero-order valence-electron chi connectivity index (χ0n) is 7.76. The lowest BCUT2D eigenvalue weighted by Gasteiger charge is -2.01. The minimum absolute atomic E-state index is 0.716. The first-order valence-electron chi connectivity index (χ1n) is 4.37. The van der Waals surface area contributed by atoms with Crippen LogP contribution < -0.4 is 5.73 Å². The molecule has 0 aliphatic rings. The zero-order chi connectivity index (χ0) is 9.68. The number of rotatable bonds is 3. The van der Waals surface area contributed by atoms with Gasteiger partial charge in [0, 0.05) is 4.47 Å². The molecule has 1 aromatic rings. The van der Waals surface area contributed by atoms with Gasteiger partial charge in [-0.3, -0.25) is 0 Å². The van der Waals surface area contributed by atoms with Crippen LogP contribution in [0.5, 0.6) is 0 Å². The lowest BCUT2D eigenvalue weighted by atomic mass is 10.1. The van der Waals surface area contributed by atoms with Crippen molar-refractivity contribution in [1.29, 1.82) is 0 Å². The second-order valence-corrected chi connectivity index (χ2v) is 3.89. The van der Waals surface area contributed by atoms with Crippen LogP contribution in [0.1, 0.15) is 18.9 Å². The van der Waals surface area contributed by atoms with Gasteiger partial charge in [-0.25, -0.2) is 0 Å². The van der Waals surface area contributed by atoms with Gasteiger partial charge in [0.25, 0.3) is 0 Å². The summed E-state index contributed by atoms with van der Waals surface area (Å²) in [4.78, 5) is 0. The molecule has 2 N–H and O–H groups in total. The number of halogens is 1. The summed E-state index contributed by atoms with van der Waals surface area (Å²) in [6, 6.07) is 8.31. The maximum Gasteiger partial charge on any atom is 0.0175 e. The molecule has 0 amide bonds. The summed E-state index contributed by atoms with van der Waals surface area (Å²) < 4.78 is 1.11. The summed E-state index contributed by atoms with van der Waals surface area (Å²) in [5, 5.41) is 0. The van der Waals surface area contributed by atoms with Crippen LogP contribution in [0.2, 0.25) is 0 Å². The van der Waals surface area contributed by atoms with Crippen molar-refractivity contribution in [2.45, 2.75) is 13.3 Å². The van der Waals surface area contributed by atoms with Gasteiger partial charge >= 0.3 is 0 Å². The van der Waals surface area contributed by atoms with Crippen LogP contribution >= 0.6 is 15.9 Å². The molecule has 0 aliphatic heterocycles. The van der Waals surface area contributed by atoms with Gasteiger partial charge in [-0.2, -0.15) is 0 Å². The third kappa shape index (κ3) is 3.33. The zero-order valence-corrected chi connectivity index (χ0v) is 9.34. The van der Waals surface area contributed by atoms with E-state index in [9.17, 15) is 0 Å². The van der Waals surface area contributed by atoms with Gasteiger partial charge in [0.15, 0.2) is 0 Å². The van der Waals surface area contributed by atoms with Gasteiger partial charge in [0.1, 0.15) is 0 Å². The number of allylic oxidation sites excluding steroid dienone is 1. The quantitative estimate of drug-likeness (QED) is 0.862. The lowest BCUT2D eigenvalue weighted by Crippen LogP contribution is -1.95. The standard InChI is InChI=1S/C11H14BrN/c1-9(3-2-8-13)10-4-6-11(12)7-5-10/h3-7H,2,8,13H2,1H3/b9-3-. The number of nitrogens with two attached hydrogens (primary N) is 1. The Kier molecular flexibility index (Phi) is 4.19. The molecule has 1 nitrogen and oxygen atoms in total. The summed E-state index contributed by atoms with van der Waals surface area (Å²) >= 11 is 3.41. The number of benzene rings is 1. The Hall–Kier alpha value is -0.600. The van der Waals surface area contributed by atoms with Crippen LogP contribution in [0.4, 0.5) is 0 Å². The third-order valence-electron chi connectivity index (χ3n) is 1.92. The fourth-order valence-electron chi connectivity index (χ4n) is 1.13. The molecule has 0 atom stereocenters. The summed E-state index contributed by atoms with van der Waals surface area (Å²) in [6.45, 7) is 2.83. The molecule has 0 saturated heterocycles. The van der Waals surface area contributed by atoms with E-state index in [1.54, 1.807) is 0 Å². The predicted octanol–water partition coefficient (Wildman–Crippen LogP) is 3.20. The van der Waals surface area contributed by atoms with Gasteiger partial charge in [-0.1, -0.05) is 34.1 Å². The molecule has 0 saturated carbocycles. The summed E-state index contributed by atoms with van der Waals surface area (Å²) in [7, 11) is 0. The highest BCUT2D eigenvalue weighted by molar-refractivity contribution is 9.10. The summed E-state index contributed by atoms with van der Waals surface area (Å²) in [6.07, 6.45) is 3.12. The second-order valence-electron chi connectivity index (χ2n) is 2.97. The van der Waals surface area contributed by atoms with E-state index in [2.05, 4.69) is 53.2 Å². The second kappa shape index (κ2) is 5.20. The Labute approximate surface area is 87.8 Å². The van der Waals surface area contributed by atoms with Crippen LogP contribution in [-0.2, 0) is 0 Å². The van der Waals surface area contributed by atoms with E-state index in [4.69, 9.17) is 5.73 Å². The molecule has 0 bridgehead atoms. The van der Waals surface area contributed by atoms with E-state index in [0.717, 1.165) is 10.9 Å². The fraction of sp³-hybridized carbons (Fsp3) is 0.273. The van der Waals surface area contributed by atoms with Gasteiger partial charge < -0.3 is 5.73 Å². The van der Waals surface area contributed by atoms with Crippen molar-refractivity contribution in [2.24, 2.45) is 5.73 Å². The van der Waals surface area contributed by atoms with Crippen LogP contribution in [0.3, 0.4) is 0 Å². The Bertz CT molecular complexity index is 287. The van der Waals surface area contributed by atoms with E-state index >= 15 is 0 Å². The van der Waals surface area contributed by atoms with E-state index < -0.39 is 0 Å². The summed E-state index contributed by atoms with van der Waals surface area (Å²) in [5.74, 6) is 0. The van der Waals surface area contributed by atoms with E-state index in [-0.39, 0.29) is 0 Å². The van der Waals surface area contributed by atoms with Crippen molar-refractivity contribution in [1.82, 2.24) is 0 Å². The monoisotopic (exact) mass is 239 g/mol. The molecule has 1 rings (SSSR count). The maximum atomic E-state index is 5.43. The number of hydrogen-bond acceptors (Lipinski definition) is 1. The van der Waals surface area contributed by atoms with Crippen molar-refractivity contribution < 1.29 is 0 Å². The third-order valence-corrected chi connectivity index (χ3v) is 2.45. The predicted molar refractivity (Wildman–Crippen MR) is 61.5 cm³/mol. The molecule has 1 aromatic carbocycles. The SMILES string of the molecule is C/C(=C/CCN)c1ccc(Br)cc1. The number of hydrogen-bond donors (Lipinski definition) is 1. The highest BCUT2D eigenvalue weighted by atomic mass is 79.9. The first-order valence-corrected chi connectivity index (χ1v) is 5.16. The largest absolute Gasteiger partial charge is 0.330 e. The van der Waals surface area contributed by atoms with Crippen LogP contribution in [0, 0.1) is 0 Å². The average molecular weight is 240 g/mol. The first kappa shape index (κ1) is 10.5. The van der Waals surface area contributed by atoms with Gasteiger partial charge in [-0.15, -0.1) is 0 Å². The highest BCUT2D eigenvalue weighted by Gasteiger charge is 1.93. The molecule has 13 heavy (non-hydrogen) atoms. The van der Waals surface area contributed by atoms with Crippen molar-refractivity contribution in [2.75, 3.05) is 6.54 Å². The molecule has 0 radical (unpaired) electrons. The smallest absolute Gasteiger partial charge is 0.0175 e. The summed E-state index contributed by atoms with van der Waals surface area (Å²) in [5.41, 5.74) is 7.98. The molecule has 0 heterocycles. The van der Waals surface area contributed by atoms with E-state index in [0.29, 0.717) is 6.54 Å². The topological polar surface area (TPSA) is 26.0 Å². The van der Waals surface area contributed by atoms with Crippen LogP contribution in [-0.4, -0.2) is 6.54 Å². The minimum atomic E-state index is 0.716. The molecule has 70 valence electrons. The molecule has 0 unspecified atom stereocenters. The molecule has 0 spiro atoms. The van der Waals surface area contributed by atoms with E-state index in [1.807, 2.05) is 0 Å². The molecule has 0 aliphatic carbocycles. The van der Waals surface area contributed by atoms with Crippen molar-refractivity contribution in [3.8, 4) is 0 Å². The highest BCUT2D eigenvalue weighted by Crippen LogP contribution is 2.17. The van der Waals surface area contributed by atoms with Crippen molar-refractivity contribution in [3.05, 3.63) is 40.4 Å². The Morgan fingerprint density at radius 2 is 2.00 bits per heavy atom. The fourth-order valence-corrected chi connectivity index (χ4v) is 1.39. The lowest BCUT2D eigenvalue weighted by molar-refractivity contribution is 1.01. The molecule has 0 fully saturated rings. The molecular weight excluding hydrogens is 226 g/mol. The minimum Gasteiger partial charge on any atom is -0.330 e. The molecular formula is C11H14BrN. The van der Waals surface area contributed by atoms with Crippen LogP contribution in [0.15, 0.2) is 34.8 Å². The first-order chi connectivity index (χ1) is 6.24. The molecule has 0 aromatic heterocycles. The van der Waals surface area contributed by atoms with Gasteiger partial charge in [0.2, 0.25) is 0 Å². The van der Waals surface area contributed by atoms with Crippen LogP contribution in [0.25, 0.3) is 5.57 Å². The Morgan fingerprint density at radius 1 is 1.38 bits per heavy atom. The van der Waals surface area contributed by atoms with Crippen molar-refractivity contribution in [3.63, 3.8) is 0 Å². The van der Waals surface area contributed by atoms with Crippen molar-refractivity contribution >= 4 is 21.5 Å². The Morgan fingerprint density at radius 3 is 2.54 bits per heavy atom.